The Bertz CT molecular complexity index is 926. The second-order valence-electron chi connectivity index (χ2n) is 6.33. The number of nitrogens with one attached hydrogen (secondary N) is 2. The van der Waals surface area contributed by atoms with E-state index in [1.807, 2.05) is 33.8 Å². The van der Waals surface area contributed by atoms with Crippen molar-refractivity contribution in [2.24, 2.45) is 0 Å². The monoisotopic (exact) mass is 394 g/mol. The maximum Gasteiger partial charge on any atom is 0.261 e. The summed E-state index contributed by atoms with van der Waals surface area (Å²) < 4.78 is 27.9. The van der Waals surface area contributed by atoms with Crippen LogP contribution in [0.25, 0.3) is 0 Å². The van der Waals surface area contributed by atoms with Crippen LogP contribution in [0.4, 0.5) is 5.69 Å². The summed E-state index contributed by atoms with van der Waals surface area (Å²) in [5, 5.41) is 2.99. The Kier molecular flexibility index (Phi) is 6.31. The van der Waals surface area contributed by atoms with Crippen LogP contribution in [0.2, 0.25) is 5.02 Å². The standard InChI is InChI=1S/C19H23ClN2O3S/c1-5-14(4)21-19(23)17-11-16(8-9-18(17)20)26(24,25)22-15-7-6-12(2)13(3)10-15/h6-11,14,22H,5H2,1-4H3,(H,21,23)/t14-/m0/s1. The van der Waals surface area contributed by atoms with Crippen LogP contribution in [0.1, 0.15) is 41.8 Å². The first-order chi connectivity index (χ1) is 12.1. The lowest BCUT2D eigenvalue weighted by atomic mass is 10.1. The normalized spacial score (nSPS) is 12.5. The van der Waals surface area contributed by atoms with E-state index < -0.39 is 15.9 Å². The van der Waals surface area contributed by atoms with Crippen LogP contribution in [0.15, 0.2) is 41.3 Å². The number of amides is 1. The smallest absolute Gasteiger partial charge is 0.261 e. The zero-order valence-corrected chi connectivity index (χ0v) is 16.8. The summed E-state index contributed by atoms with van der Waals surface area (Å²) in [7, 11) is -3.84. The fourth-order valence-corrected chi connectivity index (χ4v) is 3.55. The maximum atomic E-state index is 12.7. The molecule has 0 radical (unpaired) electrons. The Morgan fingerprint density at radius 1 is 1.12 bits per heavy atom. The van der Waals surface area contributed by atoms with E-state index >= 15 is 0 Å². The lowest BCUT2D eigenvalue weighted by Gasteiger charge is -2.14. The SMILES string of the molecule is CC[C@H](C)NC(=O)c1cc(S(=O)(=O)Nc2ccc(C)c(C)c2)ccc1Cl. The van der Waals surface area contributed by atoms with Gasteiger partial charge >= 0.3 is 0 Å². The molecule has 0 saturated heterocycles. The molecule has 1 amide bonds. The van der Waals surface area contributed by atoms with E-state index in [1.165, 1.54) is 18.2 Å². The molecule has 0 heterocycles. The summed E-state index contributed by atoms with van der Waals surface area (Å²) in [5.41, 5.74) is 2.65. The predicted molar refractivity (Wildman–Crippen MR) is 105 cm³/mol. The van der Waals surface area contributed by atoms with Crippen LogP contribution < -0.4 is 10.0 Å². The van der Waals surface area contributed by atoms with Crippen molar-refractivity contribution in [1.29, 1.82) is 0 Å². The molecule has 0 aliphatic heterocycles. The predicted octanol–water partition coefficient (Wildman–Crippen LogP) is 4.29. The molecule has 5 nitrogen and oxygen atoms in total. The number of carbonyl (C=O) groups is 1. The first kappa shape index (κ1) is 20.3. The Hall–Kier alpha value is -2.05. The van der Waals surface area contributed by atoms with Gasteiger partial charge < -0.3 is 5.32 Å². The number of anilines is 1. The molecule has 0 unspecified atom stereocenters. The first-order valence-electron chi connectivity index (χ1n) is 8.34. The lowest BCUT2D eigenvalue weighted by molar-refractivity contribution is 0.0939. The minimum atomic E-state index is -3.84. The van der Waals surface area contributed by atoms with Gasteiger partial charge in [-0.3, -0.25) is 9.52 Å². The molecule has 0 bridgehead atoms. The van der Waals surface area contributed by atoms with Crippen molar-refractivity contribution < 1.29 is 13.2 Å². The Morgan fingerprint density at radius 3 is 2.42 bits per heavy atom. The van der Waals surface area contributed by atoms with Crippen molar-refractivity contribution in [3.05, 3.63) is 58.1 Å². The largest absolute Gasteiger partial charge is 0.350 e. The molecule has 140 valence electrons. The van der Waals surface area contributed by atoms with E-state index in [-0.39, 0.29) is 21.5 Å². The highest BCUT2D eigenvalue weighted by Crippen LogP contribution is 2.23. The number of hydrogen-bond donors (Lipinski definition) is 2. The van der Waals surface area contributed by atoms with Gasteiger partial charge in [-0.05, 0) is 68.7 Å². The number of sulfonamides is 1. The summed E-state index contributed by atoms with van der Waals surface area (Å²) in [5.74, 6) is -0.396. The Balaban J connectivity index is 2.33. The highest BCUT2D eigenvalue weighted by molar-refractivity contribution is 7.92. The average molecular weight is 395 g/mol. The van der Waals surface area contributed by atoms with Crippen molar-refractivity contribution in [2.75, 3.05) is 4.72 Å². The van der Waals surface area contributed by atoms with Crippen LogP contribution in [0, 0.1) is 13.8 Å². The van der Waals surface area contributed by atoms with Crippen LogP contribution in [0.5, 0.6) is 0 Å². The van der Waals surface area contributed by atoms with Crippen molar-refractivity contribution in [2.45, 2.75) is 45.1 Å². The van der Waals surface area contributed by atoms with Crippen molar-refractivity contribution in [1.82, 2.24) is 5.32 Å². The molecule has 0 aliphatic carbocycles. The van der Waals surface area contributed by atoms with Gasteiger partial charge in [0.05, 0.1) is 15.5 Å². The van der Waals surface area contributed by atoms with E-state index in [0.29, 0.717) is 5.69 Å². The number of rotatable bonds is 6. The summed E-state index contributed by atoms with van der Waals surface area (Å²) in [6.07, 6.45) is 0.760. The van der Waals surface area contributed by atoms with Gasteiger partial charge in [-0.2, -0.15) is 0 Å². The number of aryl methyl sites for hydroxylation is 2. The van der Waals surface area contributed by atoms with Gasteiger partial charge in [0.1, 0.15) is 0 Å². The highest BCUT2D eigenvalue weighted by Gasteiger charge is 2.20. The van der Waals surface area contributed by atoms with Gasteiger partial charge in [0.25, 0.3) is 15.9 Å². The van der Waals surface area contributed by atoms with Gasteiger partial charge in [0.15, 0.2) is 0 Å². The van der Waals surface area contributed by atoms with Crippen LogP contribution in [0.3, 0.4) is 0 Å². The molecule has 0 spiro atoms. The van der Waals surface area contributed by atoms with E-state index in [0.717, 1.165) is 17.5 Å². The fourth-order valence-electron chi connectivity index (χ4n) is 2.27. The number of benzene rings is 2. The van der Waals surface area contributed by atoms with Crippen molar-refractivity contribution in [3.8, 4) is 0 Å². The van der Waals surface area contributed by atoms with Gasteiger partial charge in [-0.15, -0.1) is 0 Å². The second-order valence-corrected chi connectivity index (χ2v) is 8.42. The van der Waals surface area contributed by atoms with Crippen LogP contribution in [-0.4, -0.2) is 20.4 Å². The molecular formula is C19H23ClN2O3S. The molecule has 2 aromatic carbocycles. The quantitative estimate of drug-likeness (QED) is 0.767. The van der Waals surface area contributed by atoms with Crippen molar-refractivity contribution >= 4 is 33.2 Å². The number of carbonyl (C=O) groups excluding carboxylic acids is 1. The molecule has 2 rings (SSSR count). The second kappa shape index (κ2) is 8.10. The van der Waals surface area contributed by atoms with Gasteiger partial charge in [0, 0.05) is 11.7 Å². The van der Waals surface area contributed by atoms with Crippen LogP contribution in [-0.2, 0) is 10.0 Å². The molecule has 2 N–H and O–H groups in total. The van der Waals surface area contributed by atoms with E-state index in [1.54, 1.807) is 12.1 Å². The Morgan fingerprint density at radius 2 is 1.81 bits per heavy atom. The third kappa shape index (κ3) is 4.77. The third-order valence-electron chi connectivity index (χ3n) is 4.24. The first-order valence-corrected chi connectivity index (χ1v) is 10.2. The minimum Gasteiger partial charge on any atom is -0.350 e. The van der Waals surface area contributed by atoms with E-state index in [4.69, 9.17) is 11.6 Å². The van der Waals surface area contributed by atoms with E-state index in [9.17, 15) is 13.2 Å². The molecule has 0 saturated carbocycles. The number of halogens is 1. The molecule has 1 atom stereocenters. The third-order valence-corrected chi connectivity index (χ3v) is 5.95. The zero-order valence-electron chi connectivity index (χ0n) is 15.3. The molecule has 0 aliphatic rings. The van der Waals surface area contributed by atoms with Gasteiger partial charge in [0.2, 0.25) is 0 Å². The topological polar surface area (TPSA) is 75.3 Å². The maximum absolute atomic E-state index is 12.7. The Labute approximate surface area is 159 Å². The lowest BCUT2D eigenvalue weighted by Crippen LogP contribution is -2.32. The van der Waals surface area contributed by atoms with Crippen LogP contribution >= 0.6 is 11.6 Å². The molecule has 2 aromatic rings. The molecule has 7 heteroatoms. The van der Waals surface area contributed by atoms with E-state index in [2.05, 4.69) is 10.0 Å². The summed E-state index contributed by atoms with van der Waals surface area (Å²) in [6.45, 7) is 7.68. The number of hydrogen-bond acceptors (Lipinski definition) is 3. The average Bonchev–Trinajstić information content (AvgIpc) is 2.57. The van der Waals surface area contributed by atoms with Gasteiger partial charge in [-0.25, -0.2) is 8.42 Å². The molecule has 0 aromatic heterocycles. The van der Waals surface area contributed by atoms with Crippen molar-refractivity contribution in [3.63, 3.8) is 0 Å². The fraction of sp³-hybridized carbons (Fsp3) is 0.316. The zero-order chi connectivity index (χ0) is 19.5. The van der Waals surface area contributed by atoms with Gasteiger partial charge in [-0.1, -0.05) is 24.6 Å². The highest BCUT2D eigenvalue weighted by atomic mass is 35.5. The molecule has 0 fully saturated rings. The molecule has 26 heavy (non-hydrogen) atoms. The summed E-state index contributed by atoms with van der Waals surface area (Å²) in [4.78, 5) is 12.3. The summed E-state index contributed by atoms with van der Waals surface area (Å²) in [6, 6.07) is 9.37. The summed E-state index contributed by atoms with van der Waals surface area (Å²) >= 11 is 6.09. The minimum absolute atomic E-state index is 0.0190. The molecular weight excluding hydrogens is 372 g/mol.